The normalized spacial score (nSPS) is 13.5. The number of benzene rings is 1. The predicted octanol–water partition coefficient (Wildman–Crippen LogP) is 6.64. The Balaban J connectivity index is 3.53. The first kappa shape index (κ1) is 25.6. The lowest BCUT2D eigenvalue weighted by Gasteiger charge is -2.35. The van der Waals surface area contributed by atoms with Crippen molar-refractivity contribution in [2.45, 2.75) is 91.6 Å². The second-order valence-corrected chi connectivity index (χ2v) is 12.5. The summed E-state index contributed by atoms with van der Waals surface area (Å²) in [5.74, 6) is 0. The SMILES string of the molecule is CC(C)OP(=O)(OC(C)C)C(Cc1ccccc1)P(=O)(OC(C)C)OC(C)C. The Morgan fingerprint density at radius 2 is 0.964 bits per heavy atom. The van der Waals surface area contributed by atoms with Crippen LogP contribution in [-0.2, 0) is 33.6 Å². The van der Waals surface area contributed by atoms with Gasteiger partial charge in [0.1, 0.15) is 0 Å². The van der Waals surface area contributed by atoms with Crippen molar-refractivity contribution in [2.75, 3.05) is 0 Å². The van der Waals surface area contributed by atoms with Gasteiger partial charge < -0.3 is 18.1 Å². The summed E-state index contributed by atoms with van der Waals surface area (Å²) < 4.78 is 51.1. The molecular weight excluding hydrogens is 398 g/mol. The van der Waals surface area contributed by atoms with Crippen LogP contribution >= 0.6 is 15.2 Å². The van der Waals surface area contributed by atoms with Crippen LogP contribution in [0.5, 0.6) is 0 Å². The van der Waals surface area contributed by atoms with Gasteiger partial charge in [0.05, 0.1) is 24.4 Å². The zero-order chi connectivity index (χ0) is 21.5. The van der Waals surface area contributed by atoms with Gasteiger partial charge in [0.2, 0.25) is 0 Å². The van der Waals surface area contributed by atoms with Gasteiger partial charge in [0.25, 0.3) is 0 Å². The first-order valence-electron chi connectivity index (χ1n) is 9.85. The minimum absolute atomic E-state index is 0.189. The molecular formula is C20H36O6P2. The highest BCUT2D eigenvalue weighted by atomic mass is 31.2. The molecule has 0 fully saturated rings. The number of hydrogen-bond donors (Lipinski definition) is 0. The molecule has 0 heterocycles. The molecule has 1 rings (SSSR count). The van der Waals surface area contributed by atoms with E-state index in [1.54, 1.807) is 55.4 Å². The molecule has 0 amide bonds. The summed E-state index contributed by atoms with van der Waals surface area (Å²) in [4.78, 5) is 0. The fraction of sp³-hybridized carbons (Fsp3) is 0.700. The maximum Gasteiger partial charge on any atom is 0.346 e. The van der Waals surface area contributed by atoms with E-state index in [0.717, 1.165) is 5.56 Å². The van der Waals surface area contributed by atoms with Crippen LogP contribution in [0.25, 0.3) is 0 Å². The summed E-state index contributed by atoms with van der Waals surface area (Å²) >= 11 is 0. The van der Waals surface area contributed by atoms with Gasteiger partial charge in [-0.25, -0.2) is 0 Å². The van der Waals surface area contributed by atoms with Crippen LogP contribution < -0.4 is 0 Å². The third kappa shape index (κ3) is 8.10. The standard InChI is InChI=1S/C20H36O6P2/c1-15(2)23-27(21,24-16(3)4)20(14-19-12-10-9-11-13-19)28(22,25-17(5)6)26-18(7)8/h9-13,15-18,20H,14H2,1-8H3. The molecule has 0 spiro atoms. The second-order valence-electron chi connectivity index (χ2n) is 7.87. The summed E-state index contributed by atoms with van der Waals surface area (Å²) in [5, 5.41) is -1.07. The molecule has 1 aromatic rings. The van der Waals surface area contributed by atoms with Crippen LogP contribution in [0.15, 0.2) is 30.3 Å². The smallest absolute Gasteiger partial charge is 0.305 e. The summed E-state index contributed by atoms with van der Waals surface area (Å²) in [7, 11) is -7.71. The first-order valence-corrected chi connectivity index (χ1v) is 13.1. The van der Waals surface area contributed by atoms with Crippen LogP contribution in [0.2, 0.25) is 0 Å². The molecule has 1 aromatic carbocycles. The van der Waals surface area contributed by atoms with E-state index in [1.165, 1.54) is 0 Å². The van der Waals surface area contributed by atoms with Gasteiger partial charge in [-0.2, -0.15) is 0 Å². The molecule has 0 bridgehead atoms. The van der Waals surface area contributed by atoms with Crippen molar-refractivity contribution in [3.63, 3.8) is 0 Å². The van der Waals surface area contributed by atoms with Crippen molar-refractivity contribution in [1.82, 2.24) is 0 Å². The minimum atomic E-state index is -3.85. The average molecular weight is 434 g/mol. The second kappa shape index (κ2) is 11.1. The molecule has 0 saturated carbocycles. The van der Waals surface area contributed by atoms with Crippen molar-refractivity contribution in [3.8, 4) is 0 Å². The van der Waals surface area contributed by atoms with Crippen LogP contribution in [0.1, 0.15) is 61.0 Å². The summed E-state index contributed by atoms with van der Waals surface area (Å²) in [6, 6.07) is 9.42. The van der Waals surface area contributed by atoms with Crippen molar-refractivity contribution < 1.29 is 27.2 Å². The minimum Gasteiger partial charge on any atom is -0.305 e. The van der Waals surface area contributed by atoms with Gasteiger partial charge >= 0.3 is 15.2 Å². The lowest BCUT2D eigenvalue weighted by atomic mass is 10.2. The average Bonchev–Trinajstić information content (AvgIpc) is 2.50. The molecule has 8 heteroatoms. The Morgan fingerprint density at radius 3 is 1.25 bits per heavy atom. The Kier molecular flexibility index (Phi) is 10.1. The lowest BCUT2D eigenvalue weighted by Crippen LogP contribution is -2.25. The molecule has 0 unspecified atom stereocenters. The maximum absolute atomic E-state index is 14.0. The number of rotatable bonds is 12. The van der Waals surface area contributed by atoms with E-state index in [1.807, 2.05) is 30.3 Å². The van der Waals surface area contributed by atoms with Gasteiger partial charge in [0.15, 0.2) is 5.40 Å². The maximum atomic E-state index is 14.0. The van der Waals surface area contributed by atoms with Gasteiger partial charge in [-0.1, -0.05) is 30.3 Å². The largest absolute Gasteiger partial charge is 0.346 e. The Hall–Kier alpha value is -0.480. The molecule has 162 valence electrons. The highest BCUT2D eigenvalue weighted by molar-refractivity contribution is 7.72. The van der Waals surface area contributed by atoms with Gasteiger partial charge in [0, 0.05) is 0 Å². The van der Waals surface area contributed by atoms with E-state index in [2.05, 4.69) is 0 Å². The molecule has 0 aromatic heterocycles. The highest BCUT2D eigenvalue weighted by Gasteiger charge is 2.52. The Morgan fingerprint density at radius 1 is 0.643 bits per heavy atom. The van der Waals surface area contributed by atoms with E-state index in [9.17, 15) is 9.13 Å². The molecule has 0 saturated heterocycles. The van der Waals surface area contributed by atoms with Crippen LogP contribution in [0.4, 0.5) is 0 Å². The topological polar surface area (TPSA) is 71.1 Å². The Labute approximate surface area is 170 Å². The summed E-state index contributed by atoms with van der Waals surface area (Å²) in [6.45, 7) is 14.2. The predicted molar refractivity (Wildman–Crippen MR) is 114 cm³/mol. The third-order valence-corrected chi connectivity index (χ3v) is 9.81. The number of hydrogen-bond acceptors (Lipinski definition) is 6. The fourth-order valence-corrected chi connectivity index (χ4v) is 8.65. The van der Waals surface area contributed by atoms with Gasteiger partial charge in [-0.05, 0) is 67.4 Å². The van der Waals surface area contributed by atoms with Gasteiger partial charge in [-0.15, -0.1) is 0 Å². The van der Waals surface area contributed by atoms with Crippen molar-refractivity contribution in [1.29, 1.82) is 0 Å². The van der Waals surface area contributed by atoms with Crippen molar-refractivity contribution in [2.24, 2.45) is 0 Å². The Bertz CT molecular complexity index is 607. The molecule has 28 heavy (non-hydrogen) atoms. The zero-order valence-corrected chi connectivity index (χ0v) is 20.1. The van der Waals surface area contributed by atoms with Crippen molar-refractivity contribution >= 4 is 15.2 Å². The third-order valence-electron chi connectivity index (χ3n) is 3.42. The summed E-state index contributed by atoms with van der Waals surface area (Å²) in [5.41, 5.74) is 0.854. The quantitative estimate of drug-likeness (QED) is 0.343. The van der Waals surface area contributed by atoms with E-state index < -0.39 is 20.6 Å². The summed E-state index contributed by atoms with van der Waals surface area (Å²) in [6.07, 6.45) is -1.33. The monoisotopic (exact) mass is 434 g/mol. The molecule has 0 atom stereocenters. The van der Waals surface area contributed by atoms with Gasteiger partial charge in [-0.3, -0.25) is 9.13 Å². The molecule has 0 N–H and O–H groups in total. The van der Waals surface area contributed by atoms with Crippen LogP contribution in [0.3, 0.4) is 0 Å². The zero-order valence-electron chi connectivity index (χ0n) is 18.3. The first-order chi connectivity index (χ1) is 12.9. The van der Waals surface area contributed by atoms with E-state index >= 15 is 0 Å². The van der Waals surface area contributed by atoms with E-state index in [4.69, 9.17) is 18.1 Å². The lowest BCUT2D eigenvalue weighted by molar-refractivity contribution is 0.122. The molecule has 0 aliphatic heterocycles. The molecule has 0 aliphatic carbocycles. The molecule has 0 aliphatic rings. The molecule has 6 nitrogen and oxygen atoms in total. The van der Waals surface area contributed by atoms with Crippen molar-refractivity contribution in [3.05, 3.63) is 35.9 Å². The highest BCUT2D eigenvalue weighted by Crippen LogP contribution is 2.72. The van der Waals surface area contributed by atoms with Crippen LogP contribution in [-0.4, -0.2) is 29.8 Å². The molecule has 0 radical (unpaired) electrons. The van der Waals surface area contributed by atoms with E-state index in [0.29, 0.717) is 0 Å². The fourth-order valence-electron chi connectivity index (χ4n) is 2.73. The van der Waals surface area contributed by atoms with Crippen LogP contribution in [0, 0.1) is 0 Å². The van der Waals surface area contributed by atoms with E-state index in [-0.39, 0.29) is 30.8 Å².